The maximum atomic E-state index is 2.67. The van der Waals surface area contributed by atoms with Gasteiger partial charge >= 0.3 is 0 Å². The van der Waals surface area contributed by atoms with Crippen LogP contribution in [0.4, 0.5) is 0 Å². The summed E-state index contributed by atoms with van der Waals surface area (Å²) in [7, 11) is 0. The molecule has 248 valence electrons. The lowest BCUT2D eigenvalue weighted by Gasteiger charge is -2.33. The van der Waals surface area contributed by atoms with E-state index in [1.807, 2.05) is 0 Å². The van der Waals surface area contributed by atoms with Crippen LogP contribution in [-0.2, 0) is 6.54 Å². The van der Waals surface area contributed by atoms with Gasteiger partial charge in [-0.3, -0.25) is 0 Å². The molecular formula is C41H74N2. The first-order chi connectivity index (χ1) is 21.3. The van der Waals surface area contributed by atoms with Crippen LogP contribution in [0, 0.1) is 0 Å². The second kappa shape index (κ2) is 28.1. The Kier molecular flexibility index (Phi) is 24.6. The van der Waals surface area contributed by atoms with Crippen molar-refractivity contribution in [1.29, 1.82) is 0 Å². The zero-order valence-corrected chi connectivity index (χ0v) is 29.2. The molecule has 1 unspecified atom stereocenters. The summed E-state index contributed by atoms with van der Waals surface area (Å²) >= 11 is 0. The summed E-state index contributed by atoms with van der Waals surface area (Å²) in [6.07, 6.45) is 45.4. The molecule has 0 aliphatic carbocycles. The molecule has 1 atom stereocenters. The predicted octanol–water partition coefficient (Wildman–Crippen LogP) is 13.6. The smallest absolute Gasteiger partial charge is 0.101 e. The average molecular weight is 595 g/mol. The summed E-state index contributed by atoms with van der Waals surface area (Å²) in [5.74, 6) is 0. The van der Waals surface area contributed by atoms with Gasteiger partial charge in [0, 0.05) is 25.5 Å². The molecule has 2 nitrogen and oxygen atoms in total. The standard InChI is InChI=1S/C41H74N2/c1-3-5-7-9-11-13-15-16-17-18-19-20-21-23-25-27-32-36-42-37-38-43(39-40-33-29-28-30-34-40)41(42)35-31-26-24-22-14-12-10-8-6-4-2/h28-30,33-34,37-38,41H,3-27,31-32,35-36,39H2,1-2H3. The zero-order valence-electron chi connectivity index (χ0n) is 29.2. The van der Waals surface area contributed by atoms with Gasteiger partial charge in [0.25, 0.3) is 0 Å². The summed E-state index contributed by atoms with van der Waals surface area (Å²) in [6.45, 7) is 6.88. The maximum Gasteiger partial charge on any atom is 0.101 e. The third-order valence-corrected chi connectivity index (χ3v) is 9.76. The lowest BCUT2D eigenvalue weighted by Crippen LogP contribution is -2.38. The van der Waals surface area contributed by atoms with Gasteiger partial charge in [0.1, 0.15) is 6.17 Å². The largest absolute Gasteiger partial charge is 0.356 e. The van der Waals surface area contributed by atoms with E-state index < -0.39 is 0 Å². The van der Waals surface area contributed by atoms with Crippen LogP contribution < -0.4 is 0 Å². The highest BCUT2D eigenvalue weighted by Crippen LogP contribution is 2.25. The molecule has 0 aromatic heterocycles. The molecule has 0 saturated carbocycles. The van der Waals surface area contributed by atoms with Crippen molar-refractivity contribution in [1.82, 2.24) is 9.80 Å². The molecule has 0 saturated heterocycles. The highest BCUT2D eigenvalue weighted by Gasteiger charge is 2.25. The topological polar surface area (TPSA) is 6.48 Å². The predicted molar refractivity (Wildman–Crippen MR) is 192 cm³/mol. The van der Waals surface area contributed by atoms with Gasteiger partial charge in [-0.05, 0) is 24.8 Å². The molecule has 1 aliphatic heterocycles. The monoisotopic (exact) mass is 595 g/mol. The minimum atomic E-state index is 0.551. The highest BCUT2D eigenvalue weighted by molar-refractivity contribution is 5.16. The molecule has 1 aromatic carbocycles. The van der Waals surface area contributed by atoms with Gasteiger partial charge in [-0.1, -0.05) is 205 Å². The normalized spacial score (nSPS) is 14.8. The van der Waals surface area contributed by atoms with Crippen LogP contribution in [0.2, 0.25) is 0 Å². The van der Waals surface area contributed by atoms with E-state index in [1.165, 1.54) is 192 Å². The molecular weight excluding hydrogens is 520 g/mol. The minimum Gasteiger partial charge on any atom is -0.356 e. The fraction of sp³-hybridized carbons (Fsp3) is 0.805. The molecule has 0 N–H and O–H groups in total. The Morgan fingerprint density at radius 2 is 0.791 bits per heavy atom. The van der Waals surface area contributed by atoms with E-state index in [0.29, 0.717) is 6.17 Å². The van der Waals surface area contributed by atoms with Crippen LogP contribution in [0.3, 0.4) is 0 Å². The third kappa shape index (κ3) is 20.3. The molecule has 0 radical (unpaired) electrons. The van der Waals surface area contributed by atoms with Crippen molar-refractivity contribution in [3.05, 3.63) is 48.3 Å². The van der Waals surface area contributed by atoms with Crippen molar-refractivity contribution in [2.75, 3.05) is 6.54 Å². The summed E-state index contributed by atoms with van der Waals surface area (Å²) in [4.78, 5) is 5.28. The van der Waals surface area contributed by atoms with Gasteiger partial charge in [-0.15, -0.1) is 0 Å². The second-order valence-corrected chi connectivity index (χ2v) is 13.8. The van der Waals surface area contributed by atoms with Crippen molar-refractivity contribution >= 4 is 0 Å². The molecule has 2 rings (SSSR count). The van der Waals surface area contributed by atoms with Gasteiger partial charge in [-0.2, -0.15) is 0 Å². The lowest BCUT2D eigenvalue weighted by atomic mass is 10.0. The van der Waals surface area contributed by atoms with E-state index in [9.17, 15) is 0 Å². The Hall–Kier alpha value is -1.44. The fourth-order valence-corrected chi connectivity index (χ4v) is 6.90. The van der Waals surface area contributed by atoms with E-state index in [2.05, 4.69) is 66.4 Å². The first-order valence-corrected chi connectivity index (χ1v) is 19.6. The molecule has 43 heavy (non-hydrogen) atoms. The van der Waals surface area contributed by atoms with Crippen LogP contribution in [-0.4, -0.2) is 22.5 Å². The van der Waals surface area contributed by atoms with E-state index in [4.69, 9.17) is 0 Å². The number of rotatable bonds is 31. The van der Waals surface area contributed by atoms with Gasteiger partial charge in [0.15, 0.2) is 0 Å². The van der Waals surface area contributed by atoms with Gasteiger partial charge in [-0.25, -0.2) is 0 Å². The Bertz CT molecular complexity index is 728. The van der Waals surface area contributed by atoms with Crippen LogP contribution in [0.25, 0.3) is 0 Å². The van der Waals surface area contributed by atoms with Gasteiger partial charge in [0.2, 0.25) is 0 Å². The molecule has 1 aromatic rings. The van der Waals surface area contributed by atoms with E-state index in [-0.39, 0.29) is 0 Å². The fourth-order valence-electron chi connectivity index (χ4n) is 6.90. The van der Waals surface area contributed by atoms with E-state index in [0.717, 1.165) is 6.54 Å². The number of unbranched alkanes of at least 4 members (excludes halogenated alkanes) is 25. The first kappa shape index (κ1) is 37.7. The van der Waals surface area contributed by atoms with Crippen molar-refractivity contribution in [3.8, 4) is 0 Å². The number of benzene rings is 1. The Morgan fingerprint density at radius 1 is 0.419 bits per heavy atom. The third-order valence-electron chi connectivity index (χ3n) is 9.76. The molecule has 0 bridgehead atoms. The van der Waals surface area contributed by atoms with Crippen LogP contribution in [0.15, 0.2) is 42.7 Å². The Morgan fingerprint density at radius 3 is 1.23 bits per heavy atom. The molecule has 1 heterocycles. The van der Waals surface area contributed by atoms with Crippen molar-refractivity contribution in [3.63, 3.8) is 0 Å². The highest BCUT2D eigenvalue weighted by atomic mass is 15.4. The molecule has 0 fully saturated rings. The Balaban J connectivity index is 1.51. The van der Waals surface area contributed by atoms with Crippen LogP contribution >= 0.6 is 0 Å². The summed E-state index contributed by atoms with van der Waals surface area (Å²) in [6, 6.07) is 11.1. The summed E-state index contributed by atoms with van der Waals surface area (Å²) in [5, 5.41) is 0. The summed E-state index contributed by atoms with van der Waals surface area (Å²) in [5.41, 5.74) is 1.43. The SMILES string of the molecule is CCCCCCCCCCCCCCCCCCCN1C=CN(Cc2ccccc2)C1CCCCCCCCCCCC. The van der Waals surface area contributed by atoms with E-state index >= 15 is 0 Å². The zero-order chi connectivity index (χ0) is 30.5. The molecule has 1 aliphatic rings. The summed E-state index contributed by atoms with van der Waals surface area (Å²) < 4.78 is 0. The minimum absolute atomic E-state index is 0.551. The van der Waals surface area contributed by atoms with Crippen molar-refractivity contribution in [2.24, 2.45) is 0 Å². The van der Waals surface area contributed by atoms with Crippen LogP contribution in [0.1, 0.15) is 199 Å². The molecule has 2 heteroatoms. The quantitative estimate of drug-likeness (QED) is 0.0789. The van der Waals surface area contributed by atoms with Gasteiger partial charge < -0.3 is 9.80 Å². The Labute approximate surface area is 270 Å². The van der Waals surface area contributed by atoms with Crippen molar-refractivity contribution < 1.29 is 0 Å². The van der Waals surface area contributed by atoms with Crippen molar-refractivity contribution in [2.45, 2.75) is 206 Å². The van der Waals surface area contributed by atoms with E-state index in [1.54, 1.807) is 0 Å². The first-order valence-electron chi connectivity index (χ1n) is 19.6. The molecule has 0 amide bonds. The van der Waals surface area contributed by atoms with Gasteiger partial charge in [0.05, 0.1) is 0 Å². The average Bonchev–Trinajstić information content (AvgIpc) is 3.40. The van der Waals surface area contributed by atoms with Crippen LogP contribution in [0.5, 0.6) is 0 Å². The maximum absolute atomic E-state index is 2.67. The number of hydrogen-bond acceptors (Lipinski definition) is 2. The second-order valence-electron chi connectivity index (χ2n) is 13.8. The number of hydrogen-bond donors (Lipinski definition) is 0. The lowest BCUT2D eigenvalue weighted by molar-refractivity contribution is 0.132. The number of nitrogens with zero attached hydrogens (tertiary/aromatic N) is 2. The molecule has 0 spiro atoms.